The number of aromatic nitrogens is 4. The minimum absolute atomic E-state index is 0.239. The van der Waals surface area contributed by atoms with Crippen LogP contribution in [0.25, 0.3) is 33.2 Å². The van der Waals surface area contributed by atoms with Crippen LogP contribution in [0.1, 0.15) is 6.92 Å². The smallest absolute Gasteiger partial charge is 0.259 e. The molecule has 4 rings (SSSR count). The molecule has 0 radical (unpaired) electrons. The SMILES string of the molecule is CCn1c(=O)c(-c2c(Cl)c(OC)cc(OC)c2Cl)cc2cnc3nc[nH]c3c21. The van der Waals surface area contributed by atoms with Gasteiger partial charge >= 0.3 is 0 Å². The minimum atomic E-state index is -0.240. The van der Waals surface area contributed by atoms with Crippen molar-refractivity contribution < 1.29 is 9.47 Å². The summed E-state index contributed by atoms with van der Waals surface area (Å²) in [6, 6.07) is 3.31. The fourth-order valence-electron chi connectivity index (χ4n) is 3.36. The summed E-state index contributed by atoms with van der Waals surface area (Å²) in [5.41, 5.74) is 2.42. The topological polar surface area (TPSA) is 82.0 Å². The van der Waals surface area contributed by atoms with E-state index in [4.69, 9.17) is 32.7 Å². The predicted molar refractivity (Wildman–Crippen MR) is 110 cm³/mol. The Kier molecular flexibility index (Phi) is 4.64. The quantitative estimate of drug-likeness (QED) is 0.534. The van der Waals surface area contributed by atoms with Crippen molar-refractivity contribution >= 4 is 45.3 Å². The molecule has 3 heterocycles. The van der Waals surface area contributed by atoms with Crippen LogP contribution in [-0.4, -0.2) is 33.7 Å². The van der Waals surface area contributed by atoms with E-state index in [-0.39, 0.29) is 15.6 Å². The van der Waals surface area contributed by atoms with Gasteiger partial charge in [-0.3, -0.25) is 4.79 Å². The van der Waals surface area contributed by atoms with Crippen molar-refractivity contribution in [2.45, 2.75) is 13.5 Å². The molecule has 0 bridgehead atoms. The second-order valence-corrected chi connectivity index (χ2v) is 6.81. The highest BCUT2D eigenvalue weighted by Crippen LogP contribution is 2.45. The lowest BCUT2D eigenvalue weighted by Gasteiger charge is -2.16. The van der Waals surface area contributed by atoms with Crippen molar-refractivity contribution in [1.29, 1.82) is 0 Å². The number of rotatable bonds is 4. The molecule has 28 heavy (non-hydrogen) atoms. The normalized spacial score (nSPS) is 11.3. The van der Waals surface area contributed by atoms with Crippen molar-refractivity contribution in [1.82, 2.24) is 19.5 Å². The van der Waals surface area contributed by atoms with Crippen LogP contribution in [0.15, 0.2) is 29.5 Å². The van der Waals surface area contributed by atoms with Crippen molar-refractivity contribution in [3.8, 4) is 22.6 Å². The number of hydrogen-bond donors (Lipinski definition) is 1. The zero-order valence-corrected chi connectivity index (χ0v) is 16.9. The predicted octanol–water partition coefficient (Wildman–Crippen LogP) is 4.28. The van der Waals surface area contributed by atoms with Gasteiger partial charge in [0.2, 0.25) is 0 Å². The molecule has 9 heteroatoms. The second kappa shape index (κ2) is 7.00. The Labute approximate surface area is 169 Å². The van der Waals surface area contributed by atoms with Gasteiger partial charge in [0.1, 0.15) is 17.0 Å². The lowest BCUT2D eigenvalue weighted by molar-refractivity contribution is 0.395. The maximum absolute atomic E-state index is 13.4. The first-order valence-electron chi connectivity index (χ1n) is 8.47. The first kappa shape index (κ1) is 18.6. The molecule has 0 amide bonds. The third-order valence-corrected chi connectivity index (χ3v) is 5.41. The van der Waals surface area contributed by atoms with Crippen LogP contribution in [0.2, 0.25) is 10.0 Å². The van der Waals surface area contributed by atoms with Crippen molar-refractivity contribution in [2.24, 2.45) is 0 Å². The van der Waals surface area contributed by atoms with E-state index in [0.717, 1.165) is 10.9 Å². The average molecular weight is 419 g/mol. The number of H-pyrrole nitrogens is 1. The Morgan fingerprint density at radius 3 is 2.39 bits per heavy atom. The minimum Gasteiger partial charge on any atom is -0.495 e. The van der Waals surface area contributed by atoms with Gasteiger partial charge < -0.3 is 19.0 Å². The molecule has 0 spiro atoms. The number of halogens is 2. The van der Waals surface area contributed by atoms with E-state index in [1.807, 2.05) is 6.92 Å². The molecule has 0 atom stereocenters. The summed E-state index contributed by atoms with van der Waals surface area (Å²) in [6.45, 7) is 2.33. The largest absolute Gasteiger partial charge is 0.495 e. The van der Waals surface area contributed by atoms with Gasteiger partial charge in [-0.05, 0) is 13.0 Å². The van der Waals surface area contributed by atoms with E-state index >= 15 is 0 Å². The first-order valence-corrected chi connectivity index (χ1v) is 9.23. The number of benzene rings is 1. The molecule has 0 unspecified atom stereocenters. The van der Waals surface area contributed by atoms with Crippen LogP contribution in [-0.2, 0) is 6.54 Å². The molecular weight excluding hydrogens is 403 g/mol. The summed E-state index contributed by atoms with van der Waals surface area (Å²) in [5, 5.41) is 1.23. The van der Waals surface area contributed by atoms with Crippen LogP contribution < -0.4 is 15.0 Å². The van der Waals surface area contributed by atoms with Gasteiger partial charge in [-0.1, -0.05) is 23.2 Å². The molecular formula is C19H16Cl2N4O3. The van der Waals surface area contributed by atoms with Crippen LogP contribution >= 0.6 is 23.2 Å². The second-order valence-electron chi connectivity index (χ2n) is 6.05. The van der Waals surface area contributed by atoms with E-state index < -0.39 is 0 Å². The highest BCUT2D eigenvalue weighted by Gasteiger charge is 2.23. The van der Waals surface area contributed by atoms with Crippen LogP contribution in [0, 0.1) is 0 Å². The standard InChI is InChI=1S/C19H16Cl2N4O3/c1-4-25-17-9(7-22-18-16(17)23-8-24-18)5-10(19(25)26)13-14(20)11(27-2)6-12(28-3)15(13)21/h5-8H,4H2,1-3H3,(H,22,23,24). The Bertz CT molecular complexity index is 1250. The fourth-order valence-corrected chi connectivity index (χ4v) is 4.06. The molecule has 0 saturated heterocycles. The lowest BCUT2D eigenvalue weighted by Crippen LogP contribution is -2.22. The molecule has 0 aliphatic rings. The van der Waals surface area contributed by atoms with E-state index in [1.165, 1.54) is 14.2 Å². The maximum atomic E-state index is 13.4. The number of methoxy groups -OCH3 is 2. The van der Waals surface area contributed by atoms with E-state index in [9.17, 15) is 4.79 Å². The summed E-state index contributed by atoms with van der Waals surface area (Å²) in [5.74, 6) is 0.727. The number of imidazole rings is 1. The summed E-state index contributed by atoms with van der Waals surface area (Å²) < 4.78 is 12.3. The third-order valence-electron chi connectivity index (χ3n) is 4.66. The molecule has 1 aromatic carbocycles. The lowest BCUT2D eigenvalue weighted by atomic mass is 10.0. The fraction of sp³-hybridized carbons (Fsp3) is 0.211. The van der Waals surface area contributed by atoms with E-state index in [2.05, 4.69) is 15.0 Å². The zero-order valence-electron chi connectivity index (χ0n) is 15.3. The monoisotopic (exact) mass is 418 g/mol. The van der Waals surface area contributed by atoms with Gasteiger partial charge in [0.05, 0.1) is 41.7 Å². The van der Waals surface area contributed by atoms with Crippen LogP contribution in [0.3, 0.4) is 0 Å². The van der Waals surface area contributed by atoms with Crippen molar-refractivity contribution in [2.75, 3.05) is 14.2 Å². The highest BCUT2D eigenvalue weighted by atomic mass is 35.5. The Balaban J connectivity index is 2.16. The number of pyridine rings is 2. The number of hydrogen-bond acceptors (Lipinski definition) is 5. The van der Waals surface area contributed by atoms with Crippen molar-refractivity contribution in [3.63, 3.8) is 0 Å². The van der Waals surface area contributed by atoms with Crippen LogP contribution in [0.4, 0.5) is 0 Å². The van der Waals surface area contributed by atoms with Gasteiger partial charge in [-0.25, -0.2) is 9.97 Å². The molecule has 0 aliphatic heterocycles. The zero-order chi connectivity index (χ0) is 20.0. The number of ether oxygens (including phenoxy) is 2. The third kappa shape index (κ3) is 2.62. The summed E-state index contributed by atoms with van der Waals surface area (Å²) in [6.07, 6.45) is 3.23. The van der Waals surface area contributed by atoms with Gasteiger partial charge in [0.25, 0.3) is 5.56 Å². The number of nitrogens with one attached hydrogen (secondary N) is 1. The average Bonchev–Trinajstić information content (AvgIpc) is 3.18. The summed E-state index contributed by atoms with van der Waals surface area (Å²) in [7, 11) is 2.98. The van der Waals surface area contributed by atoms with Gasteiger partial charge in [0, 0.05) is 29.8 Å². The molecule has 4 aromatic rings. The van der Waals surface area contributed by atoms with Gasteiger partial charge in [-0.15, -0.1) is 0 Å². The number of fused-ring (bicyclic) bond motifs is 3. The van der Waals surface area contributed by atoms with Gasteiger partial charge in [0.15, 0.2) is 5.65 Å². The van der Waals surface area contributed by atoms with Gasteiger partial charge in [-0.2, -0.15) is 0 Å². The first-order chi connectivity index (χ1) is 13.5. The molecule has 7 nitrogen and oxygen atoms in total. The Morgan fingerprint density at radius 1 is 1.11 bits per heavy atom. The number of nitrogens with zero attached hydrogens (tertiary/aromatic N) is 3. The summed E-state index contributed by atoms with van der Waals surface area (Å²) in [4.78, 5) is 25.0. The highest BCUT2D eigenvalue weighted by molar-refractivity contribution is 6.41. The molecule has 0 saturated carbocycles. The summed E-state index contributed by atoms with van der Waals surface area (Å²) >= 11 is 13.1. The molecule has 3 aromatic heterocycles. The van der Waals surface area contributed by atoms with E-state index in [1.54, 1.807) is 29.2 Å². The van der Waals surface area contributed by atoms with Crippen LogP contribution in [0.5, 0.6) is 11.5 Å². The Morgan fingerprint density at radius 2 is 1.79 bits per heavy atom. The Hall–Kier alpha value is -2.77. The number of aromatic amines is 1. The van der Waals surface area contributed by atoms with Crippen molar-refractivity contribution in [3.05, 3.63) is 45.1 Å². The molecule has 0 aliphatic carbocycles. The van der Waals surface area contributed by atoms with E-state index in [0.29, 0.717) is 40.3 Å². The molecule has 0 fully saturated rings. The number of aryl methyl sites for hydroxylation is 1. The molecule has 1 N–H and O–H groups in total. The molecule has 144 valence electrons. The maximum Gasteiger partial charge on any atom is 0.259 e.